The summed E-state index contributed by atoms with van der Waals surface area (Å²) in [7, 11) is 0. The number of nitrogens with zero attached hydrogens (tertiary/aromatic N) is 4. The molecule has 148 valence electrons. The van der Waals surface area contributed by atoms with E-state index >= 15 is 0 Å². The van der Waals surface area contributed by atoms with Gasteiger partial charge in [0.05, 0.1) is 10.6 Å². The third-order valence-corrected chi connectivity index (χ3v) is 4.44. The van der Waals surface area contributed by atoms with E-state index in [1.807, 2.05) is 0 Å². The predicted molar refractivity (Wildman–Crippen MR) is 104 cm³/mol. The van der Waals surface area contributed by atoms with Gasteiger partial charge in [0, 0.05) is 23.1 Å². The number of hydrogen-bond acceptors (Lipinski definition) is 9. The monoisotopic (exact) mass is 415 g/mol. The van der Waals surface area contributed by atoms with E-state index in [4.69, 9.17) is 4.74 Å². The molecular formula is C17H13N5O6S. The maximum Gasteiger partial charge on any atom is 0.406 e. The van der Waals surface area contributed by atoms with Crippen molar-refractivity contribution in [1.29, 1.82) is 0 Å². The van der Waals surface area contributed by atoms with Gasteiger partial charge in [-0.1, -0.05) is 12.1 Å². The number of amides is 1. The quantitative estimate of drug-likeness (QED) is 0.455. The van der Waals surface area contributed by atoms with E-state index in [2.05, 4.69) is 15.3 Å². The molecule has 0 aliphatic rings. The lowest BCUT2D eigenvalue weighted by Crippen LogP contribution is -2.30. The van der Waals surface area contributed by atoms with E-state index in [0.29, 0.717) is 11.3 Å². The summed E-state index contributed by atoms with van der Waals surface area (Å²) in [6.45, 7) is 1.43. The molecular weight excluding hydrogens is 402 g/mol. The minimum Gasteiger partial charge on any atom is -0.473 e. The highest BCUT2D eigenvalue weighted by Crippen LogP contribution is 2.28. The lowest BCUT2D eigenvalue weighted by Gasteiger charge is -2.13. The number of carbonyl (C=O) groups is 1. The summed E-state index contributed by atoms with van der Waals surface area (Å²) >= 11 is 1.13. The molecule has 0 fully saturated rings. The van der Waals surface area contributed by atoms with E-state index in [1.165, 1.54) is 37.4 Å². The summed E-state index contributed by atoms with van der Waals surface area (Å²) in [6.07, 6.45) is 0.198. The topological polar surface area (TPSA) is 150 Å². The van der Waals surface area contributed by atoms with Crippen molar-refractivity contribution in [2.45, 2.75) is 13.0 Å². The van der Waals surface area contributed by atoms with Crippen LogP contribution in [0.25, 0.3) is 11.3 Å². The van der Waals surface area contributed by atoms with Gasteiger partial charge in [0.2, 0.25) is 5.75 Å². The molecule has 2 aromatic heterocycles. The number of nitrogens with one attached hydrogen (secondary N) is 1. The summed E-state index contributed by atoms with van der Waals surface area (Å²) in [5.41, 5.74) is 0.929. The number of anilines is 1. The maximum atomic E-state index is 12.3. The Morgan fingerprint density at radius 1 is 1.21 bits per heavy atom. The first-order valence-corrected chi connectivity index (χ1v) is 9.00. The number of nitro groups is 2. The zero-order chi connectivity index (χ0) is 21.0. The first-order chi connectivity index (χ1) is 13.8. The fourth-order valence-electron chi connectivity index (χ4n) is 2.30. The average molecular weight is 415 g/mol. The lowest BCUT2D eigenvalue weighted by molar-refractivity contribution is -0.390. The van der Waals surface area contributed by atoms with Gasteiger partial charge >= 0.3 is 5.82 Å². The standard InChI is InChI=1S/C17H13N5O6S/c1-10(28-14-6-3-7-18-15(14)22(26)27)16(23)20-17-19-13(9-29-17)11-4-2-5-12(8-11)21(24)25/h2-10H,1H3,(H,19,20,23). The zero-order valence-electron chi connectivity index (χ0n) is 14.8. The first-order valence-electron chi connectivity index (χ1n) is 8.12. The van der Waals surface area contributed by atoms with Crippen molar-refractivity contribution in [3.8, 4) is 17.0 Å². The van der Waals surface area contributed by atoms with Crippen LogP contribution >= 0.6 is 11.3 Å². The number of nitro benzene ring substituents is 1. The number of thiazole rings is 1. The third kappa shape index (κ3) is 4.68. The first kappa shape index (κ1) is 19.8. The molecule has 1 unspecified atom stereocenters. The van der Waals surface area contributed by atoms with Crippen LogP contribution in [-0.2, 0) is 4.79 Å². The molecule has 0 bridgehead atoms. The number of pyridine rings is 1. The van der Waals surface area contributed by atoms with E-state index in [9.17, 15) is 25.0 Å². The maximum absolute atomic E-state index is 12.3. The average Bonchev–Trinajstić information content (AvgIpc) is 3.16. The van der Waals surface area contributed by atoms with Gasteiger partial charge in [-0.2, -0.15) is 0 Å². The Bertz CT molecular complexity index is 1090. The molecule has 2 heterocycles. The van der Waals surface area contributed by atoms with E-state index in [0.717, 1.165) is 11.3 Å². The van der Waals surface area contributed by atoms with Crippen LogP contribution in [0.15, 0.2) is 48.0 Å². The minimum absolute atomic E-state index is 0.0684. The summed E-state index contributed by atoms with van der Waals surface area (Å²) in [5.74, 6) is -1.19. The second-order valence-electron chi connectivity index (χ2n) is 5.68. The van der Waals surface area contributed by atoms with Crippen molar-refractivity contribution in [2.75, 3.05) is 5.32 Å². The Morgan fingerprint density at radius 3 is 2.72 bits per heavy atom. The summed E-state index contributed by atoms with van der Waals surface area (Å²) in [5, 5.41) is 26.3. The molecule has 12 heteroatoms. The Labute approximate surface area is 167 Å². The Hall–Kier alpha value is -3.93. The van der Waals surface area contributed by atoms with Crippen molar-refractivity contribution < 1.29 is 19.4 Å². The van der Waals surface area contributed by atoms with Crippen molar-refractivity contribution in [3.05, 3.63) is 68.2 Å². The van der Waals surface area contributed by atoms with Crippen molar-refractivity contribution in [3.63, 3.8) is 0 Å². The molecule has 1 atom stereocenters. The van der Waals surface area contributed by atoms with Crippen LogP contribution in [0.1, 0.15) is 6.92 Å². The van der Waals surface area contributed by atoms with Gasteiger partial charge in [0.15, 0.2) is 11.2 Å². The molecule has 0 saturated heterocycles. The molecule has 0 spiro atoms. The summed E-state index contributed by atoms with van der Waals surface area (Å²) in [4.78, 5) is 40.9. The molecule has 3 rings (SSSR count). The van der Waals surface area contributed by atoms with E-state index in [-0.39, 0.29) is 16.6 Å². The molecule has 0 radical (unpaired) electrons. The van der Waals surface area contributed by atoms with Crippen LogP contribution < -0.4 is 10.1 Å². The summed E-state index contributed by atoms with van der Waals surface area (Å²) in [6, 6.07) is 8.77. The van der Waals surface area contributed by atoms with E-state index in [1.54, 1.807) is 17.5 Å². The molecule has 0 aliphatic heterocycles. The second kappa shape index (κ2) is 8.39. The molecule has 0 aliphatic carbocycles. The highest BCUT2D eigenvalue weighted by atomic mass is 32.1. The molecule has 1 N–H and O–H groups in total. The number of carbonyl (C=O) groups excluding carboxylic acids is 1. The highest BCUT2D eigenvalue weighted by molar-refractivity contribution is 7.14. The van der Waals surface area contributed by atoms with Gasteiger partial charge in [0.1, 0.15) is 6.20 Å². The number of rotatable bonds is 7. The van der Waals surface area contributed by atoms with Gasteiger partial charge in [-0.15, -0.1) is 11.3 Å². The van der Waals surface area contributed by atoms with Gasteiger partial charge in [0.25, 0.3) is 11.6 Å². The Morgan fingerprint density at radius 2 is 2.00 bits per heavy atom. The van der Waals surface area contributed by atoms with Crippen molar-refractivity contribution >= 4 is 33.9 Å². The lowest BCUT2D eigenvalue weighted by atomic mass is 10.1. The second-order valence-corrected chi connectivity index (χ2v) is 6.54. The molecule has 1 amide bonds. The number of hydrogen-bond donors (Lipinski definition) is 1. The molecule has 1 aromatic carbocycles. The number of ether oxygens (including phenoxy) is 1. The van der Waals surface area contributed by atoms with Crippen LogP contribution in [-0.4, -0.2) is 31.8 Å². The third-order valence-electron chi connectivity index (χ3n) is 3.68. The van der Waals surface area contributed by atoms with Crippen LogP contribution in [0.5, 0.6) is 5.75 Å². The molecule has 3 aromatic rings. The summed E-state index contributed by atoms with van der Waals surface area (Å²) < 4.78 is 5.36. The smallest absolute Gasteiger partial charge is 0.406 e. The highest BCUT2D eigenvalue weighted by Gasteiger charge is 2.22. The van der Waals surface area contributed by atoms with Gasteiger partial charge < -0.3 is 14.9 Å². The molecule has 11 nitrogen and oxygen atoms in total. The van der Waals surface area contributed by atoms with Gasteiger partial charge in [-0.3, -0.25) is 20.2 Å². The van der Waals surface area contributed by atoms with Gasteiger partial charge in [-0.25, -0.2) is 4.98 Å². The van der Waals surface area contributed by atoms with E-state index < -0.39 is 27.7 Å². The number of aromatic nitrogens is 2. The SMILES string of the molecule is CC(Oc1cccnc1[N+](=O)[O-])C(=O)Nc1nc(-c2cccc([N+](=O)[O-])c2)cs1. The van der Waals surface area contributed by atoms with Crippen LogP contribution in [0, 0.1) is 20.2 Å². The van der Waals surface area contributed by atoms with Crippen LogP contribution in [0.3, 0.4) is 0 Å². The zero-order valence-corrected chi connectivity index (χ0v) is 15.7. The number of non-ortho nitro benzene ring substituents is 1. The Kier molecular flexibility index (Phi) is 5.74. The largest absolute Gasteiger partial charge is 0.473 e. The molecule has 29 heavy (non-hydrogen) atoms. The minimum atomic E-state index is -1.05. The fraction of sp³-hybridized carbons (Fsp3) is 0.118. The van der Waals surface area contributed by atoms with Crippen LogP contribution in [0.4, 0.5) is 16.6 Å². The molecule has 0 saturated carbocycles. The normalized spacial score (nSPS) is 11.5. The van der Waals surface area contributed by atoms with Gasteiger partial charge in [-0.05, 0) is 29.0 Å². The van der Waals surface area contributed by atoms with Crippen molar-refractivity contribution in [1.82, 2.24) is 9.97 Å². The number of benzene rings is 1. The van der Waals surface area contributed by atoms with Crippen LogP contribution in [0.2, 0.25) is 0 Å². The van der Waals surface area contributed by atoms with Crippen molar-refractivity contribution in [2.24, 2.45) is 0 Å². The fourth-order valence-corrected chi connectivity index (χ4v) is 3.03. The predicted octanol–water partition coefficient (Wildman–Crippen LogP) is 3.43. The Balaban J connectivity index is 1.70.